The van der Waals surface area contributed by atoms with E-state index in [1.165, 1.54) is 25.7 Å². The van der Waals surface area contributed by atoms with Gasteiger partial charge in [0.15, 0.2) is 0 Å². The maximum atomic E-state index is 9.68. The molecule has 0 unspecified atom stereocenters. The number of rotatable bonds is 8. The molecule has 1 radical (unpaired) electrons. The summed E-state index contributed by atoms with van der Waals surface area (Å²) in [5.41, 5.74) is 0. The maximum Gasteiger partial charge on any atom is 0.129 e. The summed E-state index contributed by atoms with van der Waals surface area (Å²) in [5.74, 6) is 0. The summed E-state index contributed by atoms with van der Waals surface area (Å²) in [6, 6.07) is 0. The van der Waals surface area contributed by atoms with Crippen LogP contribution in [0, 0.1) is 6.10 Å². The quantitative estimate of drug-likeness (QED) is 0.565. The van der Waals surface area contributed by atoms with Crippen molar-refractivity contribution < 1.29 is 20.1 Å². The molecule has 0 aromatic carbocycles. The Bertz CT molecular complexity index is 198. The summed E-state index contributed by atoms with van der Waals surface area (Å²) < 4.78 is 5.33. The minimum absolute atomic E-state index is 0.252. The van der Waals surface area contributed by atoms with Crippen molar-refractivity contribution in [3.05, 3.63) is 6.10 Å². The molecule has 3 atom stereocenters. The van der Waals surface area contributed by atoms with E-state index in [9.17, 15) is 10.2 Å². The molecule has 4 nitrogen and oxygen atoms in total. The van der Waals surface area contributed by atoms with Gasteiger partial charge in [-0.2, -0.15) is 0 Å². The predicted molar refractivity (Wildman–Crippen MR) is 65.2 cm³/mol. The zero-order valence-electron chi connectivity index (χ0n) is 10.6. The Labute approximate surface area is 104 Å². The van der Waals surface area contributed by atoms with Crippen LogP contribution in [0.2, 0.25) is 0 Å². The summed E-state index contributed by atoms with van der Waals surface area (Å²) >= 11 is 0. The molecular weight excluding hydrogens is 220 g/mol. The lowest BCUT2D eigenvalue weighted by molar-refractivity contribution is -0.00595. The van der Waals surface area contributed by atoms with Gasteiger partial charge < -0.3 is 20.1 Å². The van der Waals surface area contributed by atoms with Crippen LogP contribution >= 0.6 is 0 Å². The fourth-order valence-electron chi connectivity index (χ4n) is 2.16. The van der Waals surface area contributed by atoms with Crippen LogP contribution in [-0.4, -0.2) is 40.2 Å². The molecule has 1 saturated heterocycles. The van der Waals surface area contributed by atoms with E-state index in [1.807, 2.05) is 0 Å². The predicted octanol–water partition coefficient (Wildman–Crippen LogP) is 1.38. The summed E-state index contributed by atoms with van der Waals surface area (Å²) in [6.45, 7) is 1.94. The van der Waals surface area contributed by atoms with Crippen molar-refractivity contribution in [3.8, 4) is 0 Å². The largest absolute Gasteiger partial charge is 0.394 e. The molecule has 101 valence electrons. The Hall–Kier alpha value is -0.160. The molecule has 1 fully saturated rings. The van der Waals surface area contributed by atoms with Gasteiger partial charge in [0, 0.05) is 0 Å². The number of hydrogen-bond acceptors (Lipinski definition) is 4. The average Bonchev–Trinajstić information content (AvgIpc) is 2.61. The molecule has 4 heteroatoms. The lowest BCUT2D eigenvalue weighted by Crippen LogP contribution is -2.32. The molecule has 1 rings (SSSR count). The Kier molecular flexibility index (Phi) is 7.04. The van der Waals surface area contributed by atoms with E-state index in [1.54, 1.807) is 0 Å². The van der Waals surface area contributed by atoms with E-state index in [0.717, 1.165) is 12.8 Å². The van der Waals surface area contributed by atoms with Gasteiger partial charge in [-0.1, -0.05) is 45.4 Å². The van der Waals surface area contributed by atoms with Crippen molar-refractivity contribution in [1.82, 2.24) is 0 Å². The third-order valence-electron chi connectivity index (χ3n) is 3.29. The van der Waals surface area contributed by atoms with E-state index in [0.29, 0.717) is 12.5 Å². The molecule has 0 bridgehead atoms. The molecule has 3 N–H and O–H groups in total. The molecule has 0 aliphatic carbocycles. The smallest absolute Gasteiger partial charge is 0.129 e. The molecule has 1 aliphatic rings. The zero-order chi connectivity index (χ0) is 12.7. The first-order valence-electron chi connectivity index (χ1n) is 6.70. The van der Waals surface area contributed by atoms with Gasteiger partial charge in [-0.3, -0.25) is 0 Å². The van der Waals surface area contributed by atoms with Crippen LogP contribution in [-0.2, 0) is 4.74 Å². The van der Waals surface area contributed by atoms with Crippen LogP contribution in [0.3, 0.4) is 0 Å². The van der Waals surface area contributed by atoms with E-state index < -0.39 is 18.3 Å². The second kappa shape index (κ2) is 8.03. The van der Waals surface area contributed by atoms with Crippen LogP contribution in [0.5, 0.6) is 0 Å². The molecule has 0 aromatic heterocycles. The first kappa shape index (κ1) is 14.9. The topological polar surface area (TPSA) is 69.9 Å². The zero-order valence-corrected chi connectivity index (χ0v) is 10.6. The van der Waals surface area contributed by atoms with Gasteiger partial charge >= 0.3 is 0 Å². The van der Waals surface area contributed by atoms with Crippen LogP contribution in [0.4, 0.5) is 0 Å². The monoisotopic (exact) mass is 245 g/mol. The van der Waals surface area contributed by atoms with E-state index in [-0.39, 0.29) is 6.61 Å². The van der Waals surface area contributed by atoms with Crippen molar-refractivity contribution in [2.24, 2.45) is 0 Å². The molecule has 1 aliphatic heterocycles. The standard InChI is InChI=1S/C13H25O4/c1-2-3-4-5-6-7-8-10-12(15)13(16)11(9-14)17-10/h11-16H,2-9H2,1H3/t11-,12+,13-/m1/s1. The lowest BCUT2D eigenvalue weighted by Gasteiger charge is -2.12. The van der Waals surface area contributed by atoms with Crippen LogP contribution in [0.25, 0.3) is 0 Å². The third-order valence-corrected chi connectivity index (χ3v) is 3.29. The molecule has 0 spiro atoms. The second-order valence-corrected chi connectivity index (χ2v) is 4.76. The van der Waals surface area contributed by atoms with E-state index in [2.05, 4.69) is 6.92 Å². The molecule has 0 saturated carbocycles. The van der Waals surface area contributed by atoms with Gasteiger partial charge in [-0.05, 0) is 6.42 Å². The highest BCUT2D eigenvalue weighted by molar-refractivity contribution is 5.02. The summed E-state index contributed by atoms with van der Waals surface area (Å²) in [4.78, 5) is 0. The summed E-state index contributed by atoms with van der Waals surface area (Å²) in [6.07, 6.45) is 5.75. The van der Waals surface area contributed by atoms with Crippen molar-refractivity contribution in [1.29, 1.82) is 0 Å². The molecule has 17 heavy (non-hydrogen) atoms. The van der Waals surface area contributed by atoms with Crippen LogP contribution < -0.4 is 0 Å². The molecule has 0 aromatic rings. The van der Waals surface area contributed by atoms with Gasteiger partial charge in [0.25, 0.3) is 0 Å². The van der Waals surface area contributed by atoms with Crippen LogP contribution in [0.15, 0.2) is 0 Å². The summed E-state index contributed by atoms with van der Waals surface area (Å²) in [5, 5.41) is 28.2. The third kappa shape index (κ3) is 4.54. The highest BCUT2D eigenvalue weighted by Gasteiger charge is 2.42. The first-order chi connectivity index (χ1) is 8.20. The van der Waals surface area contributed by atoms with Crippen molar-refractivity contribution >= 4 is 0 Å². The first-order valence-corrected chi connectivity index (χ1v) is 6.70. The fourth-order valence-corrected chi connectivity index (χ4v) is 2.16. The maximum absolute atomic E-state index is 9.68. The van der Waals surface area contributed by atoms with Gasteiger partial charge in [0.05, 0.1) is 6.61 Å². The highest BCUT2D eigenvalue weighted by Crippen LogP contribution is 2.30. The van der Waals surface area contributed by atoms with Gasteiger partial charge in [-0.15, -0.1) is 0 Å². The number of aliphatic hydroxyl groups excluding tert-OH is 3. The second-order valence-electron chi connectivity index (χ2n) is 4.76. The number of hydrogen-bond donors (Lipinski definition) is 3. The fraction of sp³-hybridized carbons (Fsp3) is 0.923. The molecule has 0 amide bonds. The lowest BCUT2D eigenvalue weighted by atomic mass is 10.0. The van der Waals surface area contributed by atoms with Crippen molar-refractivity contribution in [2.45, 2.75) is 70.2 Å². The van der Waals surface area contributed by atoms with Gasteiger partial charge in [0.2, 0.25) is 0 Å². The normalized spacial score (nSPS) is 30.0. The van der Waals surface area contributed by atoms with E-state index >= 15 is 0 Å². The average molecular weight is 245 g/mol. The SMILES string of the molecule is CCCCCCCC[C]1O[C@H](CO)[C@@H](O)[C@H]1O. The molecular formula is C13H25O4. The Morgan fingerprint density at radius 3 is 2.29 bits per heavy atom. The molecule has 1 heterocycles. The Morgan fingerprint density at radius 1 is 1.06 bits per heavy atom. The Morgan fingerprint density at radius 2 is 1.71 bits per heavy atom. The van der Waals surface area contributed by atoms with E-state index in [4.69, 9.17) is 9.84 Å². The highest BCUT2D eigenvalue weighted by atomic mass is 16.6. The number of ether oxygens (including phenoxy) is 1. The van der Waals surface area contributed by atoms with Crippen molar-refractivity contribution in [2.75, 3.05) is 6.61 Å². The van der Waals surface area contributed by atoms with Crippen LogP contribution in [0.1, 0.15) is 51.9 Å². The number of unbranched alkanes of at least 4 members (excludes halogenated alkanes) is 5. The summed E-state index contributed by atoms with van der Waals surface area (Å²) in [7, 11) is 0. The minimum Gasteiger partial charge on any atom is -0.394 e. The van der Waals surface area contributed by atoms with Gasteiger partial charge in [0.1, 0.15) is 24.4 Å². The number of aliphatic hydroxyl groups is 3. The minimum atomic E-state index is -0.977. The van der Waals surface area contributed by atoms with Gasteiger partial charge in [-0.25, -0.2) is 0 Å². The Balaban J connectivity index is 2.11. The van der Waals surface area contributed by atoms with Crippen molar-refractivity contribution in [3.63, 3.8) is 0 Å².